The Balaban J connectivity index is 1.31. The van der Waals surface area contributed by atoms with Gasteiger partial charge in [-0.05, 0) is 63.2 Å². The molecule has 2 saturated heterocycles. The molecule has 4 atom stereocenters. The molecule has 3 nitrogen and oxygen atoms in total. The zero-order chi connectivity index (χ0) is 22.1. The predicted molar refractivity (Wildman–Crippen MR) is 132 cm³/mol. The highest BCUT2D eigenvalue weighted by Gasteiger charge is 2.66. The summed E-state index contributed by atoms with van der Waals surface area (Å²) in [5, 5.41) is 0. The van der Waals surface area contributed by atoms with Crippen LogP contribution in [0, 0.1) is 35.5 Å². The Morgan fingerprint density at radius 1 is 0.424 bits per heavy atom. The smallest absolute Gasteiger partial charge is 0.179 e. The Bertz CT molecular complexity index is 572. The lowest BCUT2D eigenvalue weighted by Gasteiger charge is -2.65. The Morgan fingerprint density at radius 2 is 0.758 bits per heavy atom. The van der Waals surface area contributed by atoms with Crippen molar-refractivity contribution in [1.29, 1.82) is 0 Å². The molecule has 3 heteroatoms. The molecule has 0 aromatic carbocycles. The van der Waals surface area contributed by atoms with Crippen LogP contribution in [0.3, 0.4) is 0 Å². The highest BCUT2D eigenvalue weighted by atomic mass is 16.8. The molecule has 4 aliphatic carbocycles. The molecule has 6 fully saturated rings. The summed E-state index contributed by atoms with van der Waals surface area (Å²) in [6.45, 7) is 1.88. The molecular formula is C30H50O3. The summed E-state index contributed by atoms with van der Waals surface area (Å²) < 4.78 is 21.2. The van der Waals surface area contributed by atoms with Gasteiger partial charge in [-0.3, -0.25) is 0 Å². The van der Waals surface area contributed by atoms with E-state index in [2.05, 4.69) is 0 Å². The van der Waals surface area contributed by atoms with E-state index >= 15 is 0 Å². The van der Waals surface area contributed by atoms with Crippen LogP contribution in [0.1, 0.15) is 128 Å². The van der Waals surface area contributed by atoms with Crippen LogP contribution in [0.2, 0.25) is 0 Å². The maximum Gasteiger partial charge on any atom is 0.179 e. The standard InChI is InChI=1S/C30H50O3/c1-5-13-23(14-6-1)27-21-31-29(27,25-17-9-3-10-18-25)33-30(26-19-11-4-12-20-26)28(22-32-30)24-15-7-2-8-16-24/h23-28H,1-22H2. The second kappa shape index (κ2) is 10.1. The van der Waals surface area contributed by atoms with Crippen molar-refractivity contribution in [2.75, 3.05) is 13.2 Å². The molecule has 6 aliphatic rings. The van der Waals surface area contributed by atoms with Gasteiger partial charge in [-0.15, -0.1) is 0 Å². The molecule has 0 aromatic heterocycles. The molecule has 0 N–H and O–H groups in total. The fourth-order valence-corrected chi connectivity index (χ4v) is 9.17. The second-order valence-corrected chi connectivity index (χ2v) is 12.8. The first-order valence-electron chi connectivity index (χ1n) is 15.3. The van der Waals surface area contributed by atoms with Crippen molar-refractivity contribution in [3.8, 4) is 0 Å². The molecule has 2 heterocycles. The van der Waals surface area contributed by atoms with Crippen molar-refractivity contribution in [3.05, 3.63) is 0 Å². The average molecular weight is 459 g/mol. The summed E-state index contributed by atoms with van der Waals surface area (Å²) in [4.78, 5) is 0. The molecule has 4 saturated carbocycles. The fourth-order valence-electron chi connectivity index (χ4n) is 9.17. The van der Waals surface area contributed by atoms with Crippen LogP contribution in [0.5, 0.6) is 0 Å². The van der Waals surface area contributed by atoms with Crippen LogP contribution in [-0.4, -0.2) is 24.8 Å². The molecule has 188 valence electrons. The molecule has 0 aromatic rings. The minimum Gasteiger partial charge on any atom is -0.349 e. The van der Waals surface area contributed by atoms with E-state index in [0.717, 1.165) is 25.0 Å². The highest BCUT2D eigenvalue weighted by Crippen LogP contribution is 2.60. The van der Waals surface area contributed by atoms with Crippen molar-refractivity contribution in [2.45, 2.75) is 140 Å². The molecule has 6 rings (SSSR count). The molecular weight excluding hydrogens is 408 g/mol. The Kier molecular flexibility index (Phi) is 7.12. The van der Waals surface area contributed by atoms with Gasteiger partial charge >= 0.3 is 0 Å². The van der Waals surface area contributed by atoms with E-state index in [1.165, 1.54) is 128 Å². The van der Waals surface area contributed by atoms with E-state index in [1.807, 2.05) is 0 Å². The van der Waals surface area contributed by atoms with Gasteiger partial charge in [0.05, 0.1) is 13.2 Å². The van der Waals surface area contributed by atoms with Gasteiger partial charge < -0.3 is 14.2 Å². The number of hydrogen-bond donors (Lipinski definition) is 0. The Morgan fingerprint density at radius 3 is 1.06 bits per heavy atom. The van der Waals surface area contributed by atoms with Gasteiger partial charge in [-0.25, -0.2) is 0 Å². The summed E-state index contributed by atoms with van der Waals surface area (Å²) in [5.74, 6) is 3.33. The normalized spacial score (nSPS) is 42.5. The largest absolute Gasteiger partial charge is 0.349 e. The zero-order valence-corrected chi connectivity index (χ0v) is 21.2. The maximum absolute atomic E-state index is 7.66. The molecule has 2 aliphatic heterocycles. The van der Waals surface area contributed by atoms with Crippen LogP contribution in [0.15, 0.2) is 0 Å². The van der Waals surface area contributed by atoms with Crippen molar-refractivity contribution in [3.63, 3.8) is 0 Å². The van der Waals surface area contributed by atoms with Crippen LogP contribution in [-0.2, 0) is 14.2 Å². The van der Waals surface area contributed by atoms with Crippen molar-refractivity contribution in [2.24, 2.45) is 35.5 Å². The minimum absolute atomic E-state index is 0.340. The summed E-state index contributed by atoms with van der Waals surface area (Å²) >= 11 is 0. The van der Waals surface area contributed by atoms with E-state index < -0.39 is 0 Å². The van der Waals surface area contributed by atoms with Crippen LogP contribution < -0.4 is 0 Å². The van der Waals surface area contributed by atoms with Gasteiger partial charge in [-0.1, -0.05) is 77.0 Å². The fraction of sp³-hybridized carbons (Fsp3) is 1.00. The predicted octanol–water partition coefficient (Wildman–Crippen LogP) is 8.01. The van der Waals surface area contributed by atoms with E-state index in [-0.39, 0.29) is 11.6 Å². The molecule has 0 amide bonds. The summed E-state index contributed by atoms with van der Waals surface area (Å²) in [6.07, 6.45) is 27.6. The lowest BCUT2D eigenvalue weighted by atomic mass is 9.64. The molecule has 0 bridgehead atoms. The molecule has 4 unspecified atom stereocenters. The second-order valence-electron chi connectivity index (χ2n) is 12.8. The van der Waals surface area contributed by atoms with E-state index in [0.29, 0.717) is 23.7 Å². The summed E-state index contributed by atoms with van der Waals surface area (Å²) in [7, 11) is 0. The first-order chi connectivity index (χ1) is 16.3. The topological polar surface area (TPSA) is 27.7 Å². The quantitative estimate of drug-likeness (QED) is 0.403. The van der Waals surface area contributed by atoms with Crippen molar-refractivity contribution in [1.82, 2.24) is 0 Å². The highest BCUT2D eigenvalue weighted by molar-refractivity contribution is 5.05. The van der Waals surface area contributed by atoms with Gasteiger partial charge in [-0.2, -0.15) is 0 Å². The molecule has 0 spiro atoms. The number of hydrogen-bond acceptors (Lipinski definition) is 3. The van der Waals surface area contributed by atoms with Crippen molar-refractivity contribution >= 4 is 0 Å². The van der Waals surface area contributed by atoms with E-state index in [1.54, 1.807) is 0 Å². The Labute approximate surface area is 203 Å². The first-order valence-corrected chi connectivity index (χ1v) is 15.3. The lowest BCUT2D eigenvalue weighted by molar-refractivity contribution is -0.502. The monoisotopic (exact) mass is 458 g/mol. The van der Waals surface area contributed by atoms with Gasteiger partial charge in [0.15, 0.2) is 11.6 Å². The van der Waals surface area contributed by atoms with Gasteiger partial charge in [0.25, 0.3) is 0 Å². The van der Waals surface area contributed by atoms with Gasteiger partial charge in [0.2, 0.25) is 0 Å². The number of ether oxygens (including phenoxy) is 3. The van der Waals surface area contributed by atoms with E-state index in [9.17, 15) is 0 Å². The minimum atomic E-state index is -0.340. The van der Waals surface area contributed by atoms with Crippen LogP contribution in [0.4, 0.5) is 0 Å². The third-order valence-electron chi connectivity index (χ3n) is 11.1. The van der Waals surface area contributed by atoms with Crippen LogP contribution >= 0.6 is 0 Å². The van der Waals surface area contributed by atoms with Crippen LogP contribution in [0.25, 0.3) is 0 Å². The summed E-state index contributed by atoms with van der Waals surface area (Å²) in [6, 6.07) is 0. The SMILES string of the molecule is C1CCC(C2COC2(OC2(C3CCCCC3)OCC2C2CCCCC2)C2CCCCC2)CC1. The summed E-state index contributed by atoms with van der Waals surface area (Å²) in [5.41, 5.74) is 0. The molecule has 33 heavy (non-hydrogen) atoms. The zero-order valence-electron chi connectivity index (χ0n) is 21.2. The maximum atomic E-state index is 7.66. The average Bonchev–Trinajstić information content (AvgIpc) is 2.86. The Hall–Kier alpha value is -0.120. The third-order valence-corrected chi connectivity index (χ3v) is 11.1. The van der Waals surface area contributed by atoms with Gasteiger partial charge in [0.1, 0.15) is 0 Å². The van der Waals surface area contributed by atoms with Crippen molar-refractivity contribution < 1.29 is 14.2 Å². The first kappa shape index (κ1) is 23.3. The number of rotatable bonds is 6. The third kappa shape index (κ3) is 4.25. The molecule has 0 radical (unpaired) electrons. The van der Waals surface area contributed by atoms with E-state index in [4.69, 9.17) is 14.2 Å². The van der Waals surface area contributed by atoms with Gasteiger partial charge in [0, 0.05) is 23.7 Å². The lowest BCUT2D eigenvalue weighted by Crippen LogP contribution is -2.72.